The minimum atomic E-state index is -0.424. The van der Waals surface area contributed by atoms with Crippen molar-refractivity contribution in [1.29, 1.82) is 0 Å². The molecule has 0 fully saturated rings. The molecule has 0 atom stereocenters. The summed E-state index contributed by atoms with van der Waals surface area (Å²) in [6.07, 6.45) is 4.21. The Balaban J connectivity index is 2.07. The van der Waals surface area contributed by atoms with Gasteiger partial charge in [-0.1, -0.05) is 59.5 Å². The molecule has 0 saturated carbocycles. The van der Waals surface area contributed by atoms with Crippen LogP contribution in [0, 0.1) is 0 Å². The summed E-state index contributed by atoms with van der Waals surface area (Å²) in [4.78, 5) is 20.6. The Morgan fingerprint density at radius 1 is 1.48 bits per heavy atom. The summed E-state index contributed by atoms with van der Waals surface area (Å²) >= 11 is 10.3. The van der Waals surface area contributed by atoms with Crippen molar-refractivity contribution >= 4 is 57.5 Å². The van der Waals surface area contributed by atoms with Crippen molar-refractivity contribution in [3.05, 3.63) is 29.6 Å². The van der Waals surface area contributed by atoms with Gasteiger partial charge in [0.25, 0.3) is 5.91 Å². The van der Waals surface area contributed by atoms with E-state index in [0.29, 0.717) is 10.3 Å². The molecule has 0 bridgehead atoms. The highest BCUT2D eigenvalue weighted by Crippen LogP contribution is 2.26. The molecule has 0 unspecified atom stereocenters. The predicted octanol–water partition coefficient (Wildman–Crippen LogP) is 4.01. The Kier molecular flexibility index (Phi) is 7.28. The van der Waals surface area contributed by atoms with E-state index in [0.717, 1.165) is 22.3 Å². The third kappa shape index (κ3) is 5.45. The predicted molar refractivity (Wildman–Crippen MR) is 96.8 cm³/mol. The maximum absolute atomic E-state index is 12.3. The summed E-state index contributed by atoms with van der Waals surface area (Å²) in [5, 5.41) is 11.7. The fraction of sp³-hybridized carbons (Fsp3) is 0.308. The number of amides is 1. The van der Waals surface area contributed by atoms with Crippen LogP contribution in [0.4, 0.5) is 5.13 Å². The SMILES string of the molecule is C=CCSc1nnc(NC(=O)c2nc(SCCC)ncc2Cl)s1. The van der Waals surface area contributed by atoms with Crippen molar-refractivity contribution < 1.29 is 4.79 Å². The second-order valence-electron chi connectivity index (χ2n) is 4.12. The zero-order chi connectivity index (χ0) is 16.7. The van der Waals surface area contributed by atoms with E-state index < -0.39 is 5.91 Å². The summed E-state index contributed by atoms with van der Waals surface area (Å²) in [5.41, 5.74) is 0.135. The molecule has 0 radical (unpaired) electrons. The minimum Gasteiger partial charge on any atom is -0.295 e. The standard InChI is InChI=1S/C13H14ClN5OS3/c1-3-5-21-11-15-7-8(14)9(16-11)10(20)17-12-18-19-13(23-12)22-6-4-2/h4,7H,2-3,5-6H2,1H3,(H,17,18,20). The number of nitrogens with one attached hydrogen (secondary N) is 1. The van der Waals surface area contributed by atoms with Crippen molar-refractivity contribution in [1.82, 2.24) is 20.2 Å². The third-order valence-corrected chi connectivity index (χ3v) is 5.64. The number of carbonyl (C=O) groups excluding carboxylic acids is 1. The highest BCUT2D eigenvalue weighted by Gasteiger charge is 2.16. The first kappa shape index (κ1) is 18.2. The van der Waals surface area contributed by atoms with Crippen molar-refractivity contribution in [2.45, 2.75) is 22.8 Å². The van der Waals surface area contributed by atoms with Crippen LogP contribution in [0.3, 0.4) is 0 Å². The smallest absolute Gasteiger partial charge is 0.277 e. The quantitative estimate of drug-likeness (QED) is 0.317. The lowest BCUT2D eigenvalue weighted by atomic mass is 10.4. The molecule has 0 spiro atoms. The third-order valence-electron chi connectivity index (χ3n) is 2.32. The van der Waals surface area contributed by atoms with Gasteiger partial charge in [-0.2, -0.15) is 0 Å². The van der Waals surface area contributed by atoms with E-state index in [1.54, 1.807) is 6.08 Å². The van der Waals surface area contributed by atoms with Crippen LogP contribution in [0.2, 0.25) is 5.02 Å². The van der Waals surface area contributed by atoms with E-state index in [1.165, 1.54) is 41.1 Å². The largest absolute Gasteiger partial charge is 0.295 e. The summed E-state index contributed by atoms with van der Waals surface area (Å²) in [7, 11) is 0. The number of hydrogen-bond acceptors (Lipinski definition) is 8. The lowest BCUT2D eigenvalue weighted by Crippen LogP contribution is -2.15. The Labute approximate surface area is 151 Å². The molecule has 0 aliphatic carbocycles. The molecule has 0 saturated heterocycles. The molecule has 0 aliphatic rings. The van der Waals surface area contributed by atoms with E-state index >= 15 is 0 Å². The number of thioether (sulfide) groups is 2. The molecule has 1 N–H and O–H groups in total. The van der Waals surface area contributed by atoms with Crippen molar-refractivity contribution in [2.24, 2.45) is 0 Å². The molecule has 0 aromatic carbocycles. The summed E-state index contributed by atoms with van der Waals surface area (Å²) in [6, 6.07) is 0. The van der Waals surface area contributed by atoms with E-state index in [4.69, 9.17) is 11.6 Å². The highest BCUT2D eigenvalue weighted by molar-refractivity contribution is 8.01. The number of anilines is 1. The fourth-order valence-electron chi connectivity index (χ4n) is 1.38. The molecule has 2 rings (SSSR count). The maximum Gasteiger partial charge on any atom is 0.277 e. The molecule has 6 nitrogen and oxygen atoms in total. The monoisotopic (exact) mass is 387 g/mol. The first-order chi connectivity index (χ1) is 11.1. The number of nitrogens with zero attached hydrogens (tertiary/aromatic N) is 4. The van der Waals surface area contributed by atoms with Crippen LogP contribution >= 0.6 is 46.5 Å². The molecular formula is C13H14ClN5OS3. The average molecular weight is 388 g/mol. The zero-order valence-corrected chi connectivity index (χ0v) is 15.5. The van der Waals surface area contributed by atoms with Crippen molar-refractivity contribution in [3.8, 4) is 0 Å². The van der Waals surface area contributed by atoms with Crippen LogP contribution in [0.5, 0.6) is 0 Å². The van der Waals surface area contributed by atoms with Gasteiger partial charge in [-0.15, -0.1) is 16.8 Å². The van der Waals surface area contributed by atoms with E-state index in [1.807, 2.05) is 0 Å². The number of hydrogen-bond donors (Lipinski definition) is 1. The van der Waals surface area contributed by atoms with Crippen LogP contribution in [0.25, 0.3) is 0 Å². The van der Waals surface area contributed by atoms with E-state index in [2.05, 4.69) is 39.0 Å². The second-order valence-corrected chi connectivity index (χ2v) is 7.84. The number of carbonyl (C=O) groups is 1. The summed E-state index contributed by atoms with van der Waals surface area (Å²) < 4.78 is 0.758. The molecule has 10 heteroatoms. The van der Waals surface area contributed by atoms with Crippen molar-refractivity contribution in [3.63, 3.8) is 0 Å². The Bertz CT molecular complexity index is 694. The maximum atomic E-state index is 12.3. The Morgan fingerprint density at radius 3 is 3.04 bits per heavy atom. The first-order valence-corrected chi connectivity index (χ1v) is 9.84. The van der Waals surface area contributed by atoms with Gasteiger partial charge >= 0.3 is 0 Å². The van der Waals surface area contributed by atoms with Crippen LogP contribution in [0.15, 0.2) is 28.3 Å². The van der Waals surface area contributed by atoms with Gasteiger partial charge in [-0.05, 0) is 6.42 Å². The normalized spacial score (nSPS) is 10.5. The molecule has 23 heavy (non-hydrogen) atoms. The number of rotatable bonds is 8. The lowest BCUT2D eigenvalue weighted by molar-refractivity contribution is 0.102. The molecule has 2 aromatic rings. The summed E-state index contributed by atoms with van der Waals surface area (Å²) in [5.74, 6) is 1.19. The van der Waals surface area contributed by atoms with Gasteiger partial charge < -0.3 is 0 Å². The molecule has 2 heterocycles. The molecule has 2 aromatic heterocycles. The number of halogens is 1. The average Bonchev–Trinajstić information content (AvgIpc) is 2.99. The van der Waals surface area contributed by atoms with E-state index in [-0.39, 0.29) is 10.7 Å². The molecule has 1 amide bonds. The van der Waals surface area contributed by atoms with Gasteiger partial charge in [-0.3, -0.25) is 10.1 Å². The van der Waals surface area contributed by atoms with Crippen LogP contribution in [-0.2, 0) is 0 Å². The van der Waals surface area contributed by atoms with Crippen molar-refractivity contribution in [2.75, 3.05) is 16.8 Å². The van der Waals surface area contributed by atoms with Crippen LogP contribution in [0.1, 0.15) is 23.8 Å². The molecular weight excluding hydrogens is 374 g/mol. The fourth-order valence-corrected chi connectivity index (χ4v) is 3.73. The van der Waals surface area contributed by atoms with Gasteiger partial charge in [0.15, 0.2) is 15.2 Å². The van der Waals surface area contributed by atoms with Gasteiger partial charge in [-0.25, -0.2) is 9.97 Å². The Morgan fingerprint density at radius 2 is 2.30 bits per heavy atom. The van der Waals surface area contributed by atoms with Crippen LogP contribution < -0.4 is 5.32 Å². The van der Waals surface area contributed by atoms with E-state index in [9.17, 15) is 4.79 Å². The minimum absolute atomic E-state index is 0.135. The summed E-state index contributed by atoms with van der Waals surface area (Å²) in [6.45, 7) is 5.71. The molecule has 0 aliphatic heterocycles. The van der Waals surface area contributed by atoms with Gasteiger partial charge in [0.2, 0.25) is 5.13 Å². The van der Waals surface area contributed by atoms with Gasteiger partial charge in [0, 0.05) is 11.5 Å². The first-order valence-electron chi connectivity index (χ1n) is 6.68. The Hall–Kier alpha value is -1.16. The van der Waals surface area contributed by atoms with Crippen LogP contribution in [-0.4, -0.2) is 37.6 Å². The number of aromatic nitrogens is 4. The van der Waals surface area contributed by atoms with Gasteiger partial charge in [0.1, 0.15) is 0 Å². The lowest BCUT2D eigenvalue weighted by Gasteiger charge is -2.04. The highest BCUT2D eigenvalue weighted by atomic mass is 35.5. The zero-order valence-electron chi connectivity index (χ0n) is 12.3. The van der Waals surface area contributed by atoms with Gasteiger partial charge in [0.05, 0.1) is 11.2 Å². The topological polar surface area (TPSA) is 80.7 Å². The molecule has 122 valence electrons. The second kappa shape index (κ2) is 9.21.